The summed E-state index contributed by atoms with van der Waals surface area (Å²) >= 11 is 0. The molecule has 0 heteroatoms. The van der Waals surface area contributed by atoms with E-state index in [4.69, 9.17) is 0 Å². The molecular weight excluding hydrogens is 168 g/mol. The van der Waals surface area contributed by atoms with Crippen molar-refractivity contribution in [3.8, 4) is 0 Å². The normalized spacial score (nSPS) is 29.0. The highest BCUT2D eigenvalue weighted by Crippen LogP contribution is 2.30. The average molecular weight is 192 g/mol. The smallest absolute Gasteiger partial charge is 0.0228 e. The molecule has 80 valence electrons. The first-order chi connectivity index (χ1) is 6.86. The van der Waals surface area contributed by atoms with E-state index in [-0.39, 0.29) is 0 Å². The van der Waals surface area contributed by atoms with Crippen molar-refractivity contribution < 1.29 is 0 Å². The van der Waals surface area contributed by atoms with E-state index in [0.29, 0.717) is 0 Å². The first-order valence-electron chi connectivity index (χ1n) is 6.20. The molecule has 0 radical (unpaired) electrons. The monoisotopic (exact) mass is 192 g/mol. The van der Waals surface area contributed by atoms with Gasteiger partial charge in [0.25, 0.3) is 0 Å². The zero-order chi connectivity index (χ0) is 10.2. The molecule has 0 aliphatic heterocycles. The van der Waals surface area contributed by atoms with Crippen LogP contribution in [0.3, 0.4) is 0 Å². The molecule has 0 heterocycles. The van der Waals surface area contributed by atoms with Crippen LogP contribution >= 0.6 is 0 Å². The van der Waals surface area contributed by atoms with Gasteiger partial charge in [0.2, 0.25) is 0 Å². The van der Waals surface area contributed by atoms with Gasteiger partial charge in [0, 0.05) is 0 Å². The molecule has 0 amide bonds. The first kappa shape index (κ1) is 11.6. The lowest BCUT2D eigenvalue weighted by Crippen LogP contribution is -2.12. The summed E-state index contributed by atoms with van der Waals surface area (Å²) in [5.74, 6) is 1.71. The second kappa shape index (κ2) is 6.86. The summed E-state index contributed by atoms with van der Waals surface area (Å²) in [5, 5.41) is 0. The minimum Gasteiger partial charge on any atom is -0.0885 e. The average Bonchev–Trinajstić information content (AvgIpc) is 2.24. The van der Waals surface area contributed by atoms with E-state index in [1.165, 1.54) is 38.5 Å². The van der Waals surface area contributed by atoms with Crippen LogP contribution in [-0.4, -0.2) is 0 Å². The number of rotatable bonds is 4. The molecule has 0 nitrogen and oxygen atoms in total. The van der Waals surface area contributed by atoms with Crippen molar-refractivity contribution in [1.29, 1.82) is 0 Å². The summed E-state index contributed by atoms with van der Waals surface area (Å²) < 4.78 is 0. The predicted molar refractivity (Wildman–Crippen MR) is 64.3 cm³/mol. The Kier molecular flexibility index (Phi) is 5.66. The summed E-state index contributed by atoms with van der Waals surface area (Å²) in [4.78, 5) is 0. The van der Waals surface area contributed by atoms with Crippen molar-refractivity contribution in [2.24, 2.45) is 11.8 Å². The maximum Gasteiger partial charge on any atom is -0.0228 e. The second-order valence-electron chi connectivity index (χ2n) is 4.36. The maximum absolute atomic E-state index is 2.44. The summed E-state index contributed by atoms with van der Waals surface area (Å²) in [6.07, 6.45) is 17.5. The van der Waals surface area contributed by atoms with E-state index in [1.807, 2.05) is 0 Å². The van der Waals surface area contributed by atoms with Gasteiger partial charge in [0.15, 0.2) is 0 Å². The molecule has 14 heavy (non-hydrogen) atoms. The Morgan fingerprint density at radius 3 is 1.86 bits per heavy atom. The summed E-state index contributed by atoms with van der Waals surface area (Å²) in [7, 11) is 0. The van der Waals surface area contributed by atoms with E-state index in [0.717, 1.165) is 11.8 Å². The minimum absolute atomic E-state index is 0.857. The van der Waals surface area contributed by atoms with Gasteiger partial charge in [-0.3, -0.25) is 0 Å². The maximum atomic E-state index is 2.44. The fraction of sp³-hybridized carbons (Fsp3) is 0.714. The molecule has 1 rings (SSSR count). The van der Waals surface area contributed by atoms with Crippen molar-refractivity contribution in [1.82, 2.24) is 0 Å². The minimum atomic E-state index is 0.857. The van der Waals surface area contributed by atoms with Gasteiger partial charge in [-0.25, -0.2) is 0 Å². The van der Waals surface area contributed by atoms with Gasteiger partial charge in [0.05, 0.1) is 0 Å². The highest BCUT2D eigenvalue weighted by molar-refractivity contribution is 4.96. The lowest BCUT2D eigenvalue weighted by molar-refractivity contribution is 0.351. The number of allylic oxidation sites excluding steroid dienone is 4. The van der Waals surface area contributed by atoms with Crippen LogP contribution in [0.4, 0.5) is 0 Å². The van der Waals surface area contributed by atoms with Crippen molar-refractivity contribution in [2.45, 2.75) is 52.4 Å². The lowest BCUT2D eigenvalue weighted by atomic mass is 9.81. The molecule has 2 unspecified atom stereocenters. The Morgan fingerprint density at radius 1 is 0.929 bits per heavy atom. The highest BCUT2D eigenvalue weighted by Gasteiger charge is 2.17. The van der Waals surface area contributed by atoms with E-state index in [9.17, 15) is 0 Å². The summed E-state index contributed by atoms with van der Waals surface area (Å²) in [5.41, 5.74) is 0. The van der Waals surface area contributed by atoms with Gasteiger partial charge in [-0.1, -0.05) is 44.6 Å². The first-order valence-corrected chi connectivity index (χ1v) is 6.20. The van der Waals surface area contributed by atoms with Crippen LogP contribution in [0.1, 0.15) is 52.4 Å². The third-order valence-electron chi connectivity index (χ3n) is 3.04. The lowest BCUT2D eigenvalue weighted by Gasteiger charge is -2.25. The van der Waals surface area contributed by atoms with Gasteiger partial charge < -0.3 is 0 Å². The Morgan fingerprint density at radius 2 is 1.43 bits per heavy atom. The van der Waals surface area contributed by atoms with Crippen LogP contribution in [0.5, 0.6) is 0 Å². The fourth-order valence-electron chi connectivity index (χ4n) is 2.27. The van der Waals surface area contributed by atoms with Crippen molar-refractivity contribution in [3.05, 3.63) is 24.3 Å². The van der Waals surface area contributed by atoms with Gasteiger partial charge >= 0.3 is 0 Å². The Hall–Kier alpha value is -0.520. The molecule has 1 saturated carbocycles. The third-order valence-corrected chi connectivity index (χ3v) is 3.04. The molecule has 0 saturated heterocycles. The number of hydrogen-bond acceptors (Lipinski definition) is 0. The van der Waals surface area contributed by atoms with Crippen LogP contribution in [-0.2, 0) is 0 Å². The van der Waals surface area contributed by atoms with Gasteiger partial charge in [0.1, 0.15) is 0 Å². The molecule has 0 spiro atoms. The largest absolute Gasteiger partial charge is 0.0885 e. The number of hydrogen-bond donors (Lipinski definition) is 0. The van der Waals surface area contributed by atoms with E-state index in [1.54, 1.807) is 0 Å². The van der Waals surface area contributed by atoms with Crippen LogP contribution < -0.4 is 0 Å². The van der Waals surface area contributed by atoms with Gasteiger partial charge in [-0.05, 0) is 43.9 Å². The molecule has 1 aliphatic rings. The molecule has 1 aliphatic carbocycles. The second-order valence-corrected chi connectivity index (χ2v) is 4.36. The fourth-order valence-corrected chi connectivity index (χ4v) is 2.27. The Balaban J connectivity index is 2.35. The zero-order valence-electron chi connectivity index (χ0n) is 9.71. The topological polar surface area (TPSA) is 0 Å². The van der Waals surface area contributed by atoms with E-state index >= 15 is 0 Å². The van der Waals surface area contributed by atoms with Crippen molar-refractivity contribution in [3.63, 3.8) is 0 Å². The Labute approximate surface area is 89.1 Å². The van der Waals surface area contributed by atoms with Crippen LogP contribution in [0.25, 0.3) is 0 Å². The summed E-state index contributed by atoms with van der Waals surface area (Å²) in [6, 6.07) is 0. The molecule has 0 N–H and O–H groups in total. The molecule has 2 atom stereocenters. The van der Waals surface area contributed by atoms with E-state index in [2.05, 4.69) is 38.2 Å². The van der Waals surface area contributed by atoms with Crippen molar-refractivity contribution >= 4 is 0 Å². The molecule has 0 aromatic heterocycles. The molecule has 0 aromatic rings. The quantitative estimate of drug-likeness (QED) is 0.565. The van der Waals surface area contributed by atoms with Gasteiger partial charge in [-0.15, -0.1) is 0 Å². The van der Waals surface area contributed by atoms with Crippen molar-refractivity contribution in [2.75, 3.05) is 0 Å². The molecular formula is C14H24. The van der Waals surface area contributed by atoms with Gasteiger partial charge in [-0.2, -0.15) is 0 Å². The zero-order valence-corrected chi connectivity index (χ0v) is 9.71. The SMILES string of the molecule is CC/C=C/C1CCCC(/C=C/CC)C1. The molecule has 1 fully saturated rings. The predicted octanol–water partition coefficient (Wildman–Crippen LogP) is 4.73. The summed E-state index contributed by atoms with van der Waals surface area (Å²) in [6.45, 7) is 4.43. The van der Waals surface area contributed by atoms with Crippen LogP contribution in [0, 0.1) is 11.8 Å². The Bertz CT molecular complexity index is 168. The highest BCUT2D eigenvalue weighted by atomic mass is 14.2. The van der Waals surface area contributed by atoms with Crippen LogP contribution in [0.2, 0.25) is 0 Å². The molecule has 0 bridgehead atoms. The van der Waals surface area contributed by atoms with E-state index < -0.39 is 0 Å². The van der Waals surface area contributed by atoms with Crippen LogP contribution in [0.15, 0.2) is 24.3 Å². The molecule has 0 aromatic carbocycles. The standard InChI is InChI=1S/C14H24/c1-3-5-8-13-10-7-11-14(12-13)9-6-4-2/h5-6,8-9,13-14H,3-4,7,10-12H2,1-2H3/b8-5+,9-6+. The third kappa shape index (κ3) is 4.13.